The maximum Gasteiger partial charge on any atom is 0.233 e. The summed E-state index contributed by atoms with van der Waals surface area (Å²) in [7, 11) is -3.04. The SMILES string of the molecule is CCC(C)(C(=O)NC1CCS(=O)(=O)C1)C(N)=NO. The topological polar surface area (TPSA) is 122 Å². The number of carbonyl (C=O) groups excluding carboxylic acids is 1. The first-order valence-corrected chi connectivity index (χ1v) is 7.56. The monoisotopic (exact) mass is 277 g/mol. The summed E-state index contributed by atoms with van der Waals surface area (Å²) in [4.78, 5) is 12.1. The normalized spacial score (nSPS) is 26.6. The summed E-state index contributed by atoms with van der Waals surface area (Å²) in [5.41, 5.74) is 4.39. The Morgan fingerprint density at radius 2 is 2.22 bits per heavy atom. The van der Waals surface area contributed by atoms with Gasteiger partial charge < -0.3 is 16.3 Å². The molecule has 1 aliphatic rings. The molecule has 0 aromatic heterocycles. The van der Waals surface area contributed by atoms with Gasteiger partial charge in [0.2, 0.25) is 5.91 Å². The number of rotatable bonds is 4. The van der Waals surface area contributed by atoms with Crippen molar-refractivity contribution in [3.8, 4) is 0 Å². The first kappa shape index (κ1) is 14.7. The Hall–Kier alpha value is -1.31. The zero-order valence-corrected chi connectivity index (χ0v) is 11.3. The Bertz CT molecular complexity index is 460. The van der Waals surface area contributed by atoms with Crippen LogP contribution >= 0.6 is 0 Å². The Labute approximate surface area is 106 Å². The van der Waals surface area contributed by atoms with Crippen LogP contribution in [0.15, 0.2) is 5.16 Å². The Kier molecular flexibility index (Phi) is 4.20. The summed E-state index contributed by atoms with van der Waals surface area (Å²) < 4.78 is 22.6. The van der Waals surface area contributed by atoms with Crippen molar-refractivity contribution in [1.29, 1.82) is 0 Å². The number of amidine groups is 1. The van der Waals surface area contributed by atoms with E-state index in [0.717, 1.165) is 0 Å². The van der Waals surface area contributed by atoms with E-state index in [9.17, 15) is 13.2 Å². The summed E-state index contributed by atoms with van der Waals surface area (Å²) in [5, 5.41) is 14.2. The van der Waals surface area contributed by atoms with Crippen molar-refractivity contribution in [3.05, 3.63) is 0 Å². The molecule has 0 aliphatic carbocycles. The average molecular weight is 277 g/mol. The molecule has 1 rings (SSSR count). The van der Waals surface area contributed by atoms with Crippen LogP contribution in [-0.2, 0) is 14.6 Å². The van der Waals surface area contributed by atoms with Crippen LogP contribution < -0.4 is 11.1 Å². The minimum atomic E-state index is -3.04. The molecule has 1 fully saturated rings. The third kappa shape index (κ3) is 2.92. The predicted molar refractivity (Wildman–Crippen MR) is 67.0 cm³/mol. The molecular formula is C10H19N3O4S. The van der Waals surface area contributed by atoms with Crippen molar-refractivity contribution in [3.63, 3.8) is 0 Å². The fourth-order valence-electron chi connectivity index (χ4n) is 1.82. The maximum atomic E-state index is 12.1. The summed E-state index contributed by atoms with van der Waals surface area (Å²) in [6, 6.07) is -0.389. The van der Waals surface area contributed by atoms with E-state index in [2.05, 4.69) is 10.5 Å². The van der Waals surface area contributed by atoms with Gasteiger partial charge in [-0.3, -0.25) is 4.79 Å². The van der Waals surface area contributed by atoms with Gasteiger partial charge in [-0.15, -0.1) is 0 Å². The molecule has 1 aliphatic heterocycles. The Balaban J connectivity index is 2.76. The number of nitrogens with zero attached hydrogens (tertiary/aromatic N) is 1. The van der Waals surface area contributed by atoms with E-state index in [-0.39, 0.29) is 23.4 Å². The zero-order valence-electron chi connectivity index (χ0n) is 10.5. The van der Waals surface area contributed by atoms with E-state index in [1.165, 1.54) is 0 Å². The highest BCUT2D eigenvalue weighted by molar-refractivity contribution is 7.91. The van der Waals surface area contributed by atoms with E-state index in [4.69, 9.17) is 10.9 Å². The minimum absolute atomic E-state index is 0.0469. The molecule has 0 aromatic carbocycles. The molecule has 8 heteroatoms. The molecule has 2 unspecified atom stereocenters. The van der Waals surface area contributed by atoms with E-state index in [1.807, 2.05) is 0 Å². The molecule has 1 saturated heterocycles. The molecule has 1 amide bonds. The van der Waals surface area contributed by atoms with Crippen LogP contribution in [0.3, 0.4) is 0 Å². The third-order valence-corrected chi connectivity index (χ3v) is 5.22. The number of hydrogen-bond acceptors (Lipinski definition) is 5. The van der Waals surface area contributed by atoms with Gasteiger partial charge in [0.1, 0.15) is 5.41 Å². The second kappa shape index (κ2) is 5.13. The second-order valence-corrected chi connectivity index (χ2v) is 6.97. The zero-order chi connectivity index (χ0) is 14.0. The maximum absolute atomic E-state index is 12.1. The van der Waals surface area contributed by atoms with Gasteiger partial charge >= 0.3 is 0 Å². The van der Waals surface area contributed by atoms with Crippen LogP contribution in [-0.4, -0.2) is 42.9 Å². The Morgan fingerprint density at radius 1 is 1.61 bits per heavy atom. The minimum Gasteiger partial charge on any atom is -0.409 e. The third-order valence-electron chi connectivity index (χ3n) is 3.45. The molecule has 0 saturated carbocycles. The number of oxime groups is 1. The number of amides is 1. The van der Waals surface area contributed by atoms with Gasteiger partial charge in [-0.05, 0) is 19.8 Å². The first-order valence-electron chi connectivity index (χ1n) is 5.74. The van der Waals surface area contributed by atoms with Gasteiger partial charge in [0.25, 0.3) is 0 Å². The molecule has 4 N–H and O–H groups in total. The number of nitrogens with one attached hydrogen (secondary N) is 1. The molecule has 0 aromatic rings. The van der Waals surface area contributed by atoms with Crippen LogP contribution in [0.2, 0.25) is 0 Å². The lowest BCUT2D eigenvalue weighted by Gasteiger charge is -2.26. The number of sulfone groups is 1. The van der Waals surface area contributed by atoms with Gasteiger partial charge in [0.15, 0.2) is 15.7 Å². The lowest BCUT2D eigenvalue weighted by Crippen LogP contribution is -2.50. The molecule has 0 radical (unpaired) electrons. The van der Waals surface area contributed by atoms with Gasteiger partial charge in [-0.1, -0.05) is 12.1 Å². The molecule has 104 valence electrons. The number of nitrogens with two attached hydrogens (primary N) is 1. The molecule has 1 heterocycles. The van der Waals surface area contributed by atoms with Crippen LogP contribution in [0.4, 0.5) is 0 Å². The van der Waals surface area contributed by atoms with E-state index in [0.29, 0.717) is 12.8 Å². The van der Waals surface area contributed by atoms with Crippen molar-refractivity contribution in [2.75, 3.05) is 11.5 Å². The molecular weight excluding hydrogens is 258 g/mol. The van der Waals surface area contributed by atoms with Gasteiger partial charge in [0, 0.05) is 6.04 Å². The summed E-state index contributed by atoms with van der Waals surface area (Å²) in [6.45, 7) is 3.30. The molecule has 0 bridgehead atoms. The van der Waals surface area contributed by atoms with Crippen LogP contribution in [0.1, 0.15) is 26.7 Å². The van der Waals surface area contributed by atoms with Crippen molar-refractivity contribution in [2.45, 2.75) is 32.7 Å². The van der Waals surface area contributed by atoms with E-state index < -0.39 is 21.2 Å². The fraction of sp³-hybridized carbons (Fsp3) is 0.800. The van der Waals surface area contributed by atoms with Crippen molar-refractivity contribution < 1.29 is 18.4 Å². The van der Waals surface area contributed by atoms with Crippen molar-refractivity contribution in [1.82, 2.24) is 5.32 Å². The van der Waals surface area contributed by atoms with E-state index >= 15 is 0 Å². The second-order valence-electron chi connectivity index (χ2n) is 4.74. The summed E-state index contributed by atoms with van der Waals surface area (Å²) in [5.74, 6) is -0.551. The molecule has 7 nitrogen and oxygen atoms in total. The summed E-state index contributed by atoms with van der Waals surface area (Å²) >= 11 is 0. The average Bonchev–Trinajstić information content (AvgIpc) is 2.66. The Morgan fingerprint density at radius 3 is 2.61 bits per heavy atom. The lowest BCUT2D eigenvalue weighted by molar-refractivity contribution is -0.127. The smallest absolute Gasteiger partial charge is 0.233 e. The lowest BCUT2D eigenvalue weighted by atomic mass is 9.85. The van der Waals surface area contributed by atoms with Crippen LogP contribution in [0.25, 0.3) is 0 Å². The highest BCUT2D eigenvalue weighted by Gasteiger charge is 2.39. The van der Waals surface area contributed by atoms with Crippen LogP contribution in [0.5, 0.6) is 0 Å². The molecule has 18 heavy (non-hydrogen) atoms. The standard InChI is InChI=1S/C10H19N3O4S/c1-3-10(2,8(11)13-15)9(14)12-7-4-5-18(16,17)6-7/h7,15H,3-6H2,1-2H3,(H2,11,13)(H,12,14). The van der Waals surface area contributed by atoms with Crippen molar-refractivity contribution >= 4 is 21.6 Å². The predicted octanol–water partition coefficient (Wildman–Crippen LogP) is -0.548. The first-order chi connectivity index (χ1) is 8.25. The van der Waals surface area contributed by atoms with Gasteiger partial charge in [0.05, 0.1) is 11.5 Å². The quantitative estimate of drug-likeness (QED) is 0.275. The van der Waals surface area contributed by atoms with Gasteiger partial charge in [-0.2, -0.15) is 0 Å². The van der Waals surface area contributed by atoms with Gasteiger partial charge in [-0.25, -0.2) is 8.42 Å². The number of carbonyl (C=O) groups is 1. The van der Waals surface area contributed by atoms with Crippen molar-refractivity contribution in [2.24, 2.45) is 16.3 Å². The summed E-state index contributed by atoms with van der Waals surface area (Å²) in [6.07, 6.45) is 0.762. The highest BCUT2D eigenvalue weighted by atomic mass is 32.2. The highest BCUT2D eigenvalue weighted by Crippen LogP contribution is 2.23. The van der Waals surface area contributed by atoms with Crippen LogP contribution in [0, 0.1) is 5.41 Å². The fourth-order valence-corrected chi connectivity index (χ4v) is 3.50. The molecule has 2 atom stereocenters. The van der Waals surface area contributed by atoms with E-state index in [1.54, 1.807) is 13.8 Å². The largest absolute Gasteiger partial charge is 0.409 e. The molecule has 0 spiro atoms. The number of hydrogen-bond donors (Lipinski definition) is 3.